The summed E-state index contributed by atoms with van der Waals surface area (Å²) in [5, 5.41) is 0. The van der Waals surface area contributed by atoms with E-state index in [0.29, 0.717) is 11.8 Å². The summed E-state index contributed by atoms with van der Waals surface area (Å²) in [5.41, 5.74) is 11.8. The largest absolute Gasteiger partial charge is 0.436 e. The summed E-state index contributed by atoms with van der Waals surface area (Å²) < 4.78 is 5.88. The molecule has 3 aromatic rings. The molecule has 2 N–H and O–H groups in total. The molecule has 0 radical (unpaired) electrons. The zero-order valence-corrected chi connectivity index (χ0v) is 13.4. The van der Waals surface area contributed by atoms with Crippen LogP contribution < -0.4 is 5.73 Å². The van der Waals surface area contributed by atoms with Gasteiger partial charge in [-0.3, -0.25) is 0 Å². The molecule has 0 bridgehead atoms. The minimum Gasteiger partial charge on any atom is -0.436 e. The zero-order chi connectivity index (χ0) is 15.7. The summed E-state index contributed by atoms with van der Waals surface area (Å²) in [6.07, 6.45) is 2.37. The molecule has 0 spiro atoms. The number of nitrogen functional groups attached to an aromatic ring is 1. The topological polar surface area (TPSA) is 52.0 Å². The predicted molar refractivity (Wildman–Crippen MR) is 91.9 cm³/mol. The maximum Gasteiger partial charge on any atom is 0.227 e. The van der Waals surface area contributed by atoms with Gasteiger partial charge in [0.2, 0.25) is 5.89 Å². The number of oxazole rings is 1. The van der Waals surface area contributed by atoms with Gasteiger partial charge in [-0.1, -0.05) is 32.4 Å². The van der Waals surface area contributed by atoms with Crippen molar-refractivity contribution in [3.63, 3.8) is 0 Å². The third-order valence-electron chi connectivity index (χ3n) is 4.23. The second kappa shape index (κ2) is 5.84. The molecule has 0 fully saturated rings. The fourth-order valence-corrected chi connectivity index (χ4v) is 2.75. The normalized spacial score (nSPS) is 12.7. The zero-order valence-electron chi connectivity index (χ0n) is 13.4. The molecule has 1 aromatic heterocycles. The molecule has 1 atom stereocenters. The van der Waals surface area contributed by atoms with Gasteiger partial charge in [-0.2, -0.15) is 0 Å². The Kier molecular flexibility index (Phi) is 3.88. The van der Waals surface area contributed by atoms with Crippen LogP contribution in [0.5, 0.6) is 0 Å². The molecule has 3 heteroatoms. The molecule has 3 nitrogen and oxygen atoms in total. The van der Waals surface area contributed by atoms with Crippen molar-refractivity contribution in [3.05, 3.63) is 47.5 Å². The van der Waals surface area contributed by atoms with E-state index in [4.69, 9.17) is 10.2 Å². The van der Waals surface area contributed by atoms with Crippen LogP contribution in [0, 0.1) is 6.92 Å². The molecule has 3 rings (SSSR count). The van der Waals surface area contributed by atoms with Crippen molar-refractivity contribution >= 4 is 16.8 Å². The Balaban J connectivity index is 2.00. The van der Waals surface area contributed by atoms with E-state index in [0.717, 1.165) is 27.9 Å². The van der Waals surface area contributed by atoms with E-state index in [2.05, 4.69) is 31.0 Å². The predicted octanol–water partition coefficient (Wildman–Crippen LogP) is 5.29. The molecule has 0 aliphatic rings. The highest BCUT2D eigenvalue weighted by molar-refractivity contribution is 5.77. The Morgan fingerprint density at radius 2 is 2.00 bits per heavy atom. The van der Waals surface area contributed by atoms with Crippen LogP contribution in [0.4, 0.5) is 5.69 Å². The Morgan fingerprint density at radius 1 is 1.18 bits per heavy atom. The number of hydrogen-bond donors (Lipinski definition) is 1. The molecule has 0 saturated heterocycles. The van der Waals surface area contributed by atoms with Gasteiger partial charge in [0.05, 0.1) is 0 Å². The third-order valence-corrected chi connectivity index (χ3v) is 4.23. The van der Waals surface area contributed by atoms with Gasteiger partial charge >= 0.3 is 0 Å². The van der Waals surface area contributed by atoms with E-state index in [-0.39, 0.29) is 0 Å². The van der Waals surface area contributed by atoms with Gasteiger partial charge in [0.1, 0.15) is 5.52 Å². The highest BCUT2D eigenvalue weighted by atomic mass is 16.3. The van der Waals surface area contributed by atoms with Crippen molar-refractivity contribution in [2.75, 3.05) is 5.73 Å². The average Bonchev–Trinajstić information content (AvgIpc) is 2.93. The van der Waals surface area contributed by atoms with Crippen LogP contribution in [0.1, 0.15) is 43.7 Å². The summed E-state index contributed by atoms with van der Waals surface area (Å²) in [4.78, 5) is 4.63. The maximum atomic E-state index is 5.98. The van der Waals surface area contributed by atoms with E-state index < -0.39 is 0 Å². The van der Waals surface area contributed by atoms with Crippen LogP contribution in [0.2, 0.25) is 0 Å². The van der Waals surface area contributed by atoms with Crippen molar-refractivity contribution in [1.29, 1.82) is 0 Å². The van der Waals surface area contributed by atoms with Crippen LogP contribution in [0.25, 0.3) is 22.6 Å². The Hall–Kier alpha value is -2.29. The lowest BCUT2D eigenvalue weighted by molar-refractivity contribution is 0.619. The quantitative estimate of drug-likeness (QED) is 0.665. The molecule has 0 amide bonds. The first-order valence-corrected chi connectivity index (χ1v) is 7.85. The number of rotatable bonds is 4. The summed E-state index contributed by atoms with van der Waals surface area (Å²) in [6.45, 7) is 6.46. The maximum absolute atomic E-state index is 5.98. The van der Waals surface area contributed by atoms with Crippen molar-refractivity contribution in [1.82, 2.24) is 4.98 Å². The molecule has 0 saturated carbocycles. The van der Waals surface area contributed by atoms with Gasteiger partial charge in [0.25, 0.3) is 0 Å². The van der Waals surface area contributed by atoms with Crippen LogP contribution in [-0.2, 0) is 0 Å². The lowest BCUT2D eigenvalue weighted by atomic mass is 9.96. The number of anilines is 1. The molecular formula is C19H22N2O. The van der Waals surface area contributed by atoms with E-state index in [1.165, 1.54) is 18.4 Å². The van der Waals surface area contributed by atoms with Crippen molar-refractivity contribution in [3.8, 4) is 11.5 Å². The van der Waals surface area contributed by atoms with Crippen molar-refractivity contribution in [2.24, 2.45) is 0 Å². The number of hydrogen-bond acceptors (Lipinski definition) is 3. The minimum atomic E-state index is 0.546. The summed E-state index contributed by atoms with van der Waals surface area (Å²) in [6, 6.07) is 12.2. The van der Waals surface area contributed by atoms with E-state index >= 15 is 0 Å². The number of benzene rings is 2. The first kappa shape index (κ1) is 14.6. The van der Waals surface area contributed by atoms with Crippen molar-refractivity contribution < 1.29 is 4.42 Å². The van der Waals surface area contributed by atoms with Gasteiger partial charge in [-0.25, -0.2) is 4.98 Å². The van der Waals surface area contributed by atoms with Gasteiger partial charge in [0, 0.05) is 11.3 Å². The number of aryl methyl sites for hydroxylation is 1. The molecule has 0 unspecified atom stereocenters. The van der Waals surface area contributed by atoms with Crippen LogP contribution in [0.3, 0.4) is 0 Å². The summed E-state index contributed by atoms with van der Waals surface area (Å²) in [5.74, 6) is 1.17. The van der Waals surface area contributed by atoms with Crippen molar-refractivity contribution in [2.45, 2.75) is 39.5 Å². The van der Waals surface area contributed by atoms with Crippen LogP contribution in [-0.4, -0.2) is 4.98 Å². The highest BCUT2D eigenvalue weighted by Crippen LogP contribution is 2.29. The second-order valence-electron chi connectivity index (χ2n) is 6.01. The second-order valence-corrected chi connectivity index (χ2v) is 6.01. The molecular weight excluding hydrogens is 272 g/mol. The summed E-state index contributed by atoms with van der Waals surface area (Å²) in [7, 11) is 0. The van der Waals surface area contributed by atoms with Crippen LogP contribution in [0.15, 0.2) is 40.8 Å². The SMILES string of the molecule is CCC[C@@H](C)c1ccc2oc(-c3ccc(C)c(N)c3)nc2c1. The molecule has 2 aromatic carbocycles. The fourth-order valence-electron chi connectivity index (χ4n) is 2.75. The number of nitrogens with two attached hydrogens (primary N) is 1. The number of nitrogens with zero attached hydrogens (tertiary/aromatic N) is 1. The average molecular weight is 294 g/mol. The first-order chi connectivity index (χ1) is 10.6. The van der Waals surface area contributed by atoms with E-state index in [1.54, 1.807) is 0 Å². The van der Waals surface area contributed by atoms with E-state index in [1.807, 2.05) is 31.2 Å². The van der Waals surface area contributed by atoms with Crippen LogP contribution >= 0.6 is 0 Å². The molecule has 0 aliphatic heterocycles. The smallest absolute Gasteiger partial charge is 0.227 e. The lowest BCUT2D eigenvalue weighted by Gasteiger charge is -2.09. The van der Waals surface area contributed by atoms with Gasteiger partial charge < -0.3 is 10.2 Å². The first-order valence-electron chi connectivity index (χ1n) is 7.85. The molecule has 0 aliphatic carbocycles. The van der Waals surface area contributed by atoms with E-state index in [9.17, 15) is 0 Å². The number of fused-ring (bicyclic) bond motifs is 1. The minimum absolute atomic E-state index is 0.546. The monoisotopic (exact) mass is 294 g/mol. The lowest BCUT2D eigenvalue weighted by Crippen LogP contribution is -1.92. The number of aromatic nitrogens is 1. The molecule has 1 heterocycles. The highest BCUT2D eigenvalue weighted by Gasteiger charge is 2.12. The van der Waals surface area contributed by atoms with Gasteiger partial charge in [-0.05, 0) is 54.7 Å². The molecule has 114 valence electrons. The van der Waals surface area contributed by atoms with Gasteiger partial charge in [0.15, 0.2) is 5.58 Å². The third kappa shape index (κ3) is 2.71. The van der Waals surface area contributed by atoms with Gasteiger partial charge in [-0.15, -0.1) is 0 Å². The fraction of sp³-hybridized carbons (Fsp3) is 0.316. The Bertz CT molecular complexity index is 804. The Labute approximate surface area is 131 Å². The summed E-state index contributed by atoms with van der Waals surface area (Å²) >= 11 is 0. The standard InChI is InChI=1S/C19H22N2O/c1-4-5-12(2)14-8-9-18-17(11-14)21-19(22-18)15-7-6-13(3)16(20)10-15/h6-12H,4-5,20H2,1-3H3/t12-/m1/s1. The Morgan fingerprint density at radius 3 is 2.73 bits per heavy atom. The molecule has 22 heavy (non-hydrogen) atoms.